The lowest BCUT2D eigenvalue weighted by atomic mass is 9.99. The van der Waals surface area contributed by atoms with Crippen LogP contribution in [0.5, 0.6) is 0 Å². The third-order valence-electron chi connectivity index (χ3n) is 20.0. The lowest BCUT2D eigenvalue weighted by molar-refractivity contribution is -0.161. The van der Waals surface area contributed by atoms with Crippen LogP contribution in [0.3, 0.4) is 0 Å². The molecule has 612 valence electrons. The van der Waals surface area contributed by atoms with E-state index in [2.05, 4.69) is 48.5 Å². The minimum atomic E-state index is -4.97. The molecule has 6 atom stereocenters. The molecule has 0 saturated carbocycles. The second-order valence-electron chi connectivity index (χ2n) is 31.4. The van der Waals surface area contributed by atoms with E-state index in [9.17, 15) is 43.2 Å². The maximum Gasteiger partial charge on any atom is 0.472 e. The average Bonchev–Trinajstić information content (AvgIpc) is 0.913. The summed E-state index contributed by atoms with van der Waals surface area (Å²) in [6.45, 7) is 12.0. The van der Waals surface area contributed by atoms with Gasteiger partial charge < -0.3 is 33.8 Å². The van der Waals surface area contributed by atoms with E-state index in [4.69, 9.17) is 37.0 Å². The van der Waals surface area contributed by atoms with E-state index in [0.29, 0.717) is 25.7 Å². The number of esters is 4. The van der Waals surface area contributed by atoms with Gasteiger partial charge in [-0.3, -0.25) is 37.3 Å². The second-order valence-corrected chi connectivity index (χ2v) is 34.3. The zero-order chi connectivity index (χ0) is 75.8. The van der Waals surface area contributed by atoms with Crippen LogP contribution in [0.25, 0.3) is 0 Å². The Morgan fingerprint density at radius 1 is 0.282 bits per heavy atom. The highest BCUT2D eigenvalue weighted by atomic mass is 31.2. The molecule has 0 aromatic carbocycles. The lowest BCUT2D eigenvalue weighted by Crippen LogP contribution is -2.30. The van der Waals surface area contributed by atoms with Gasteiger partial charge in [0.25, 0.3) is 0 Å². The fourth-order valence-electron chi connectivity index (χ4n) is 13.0. The van der Waals surface area contributed by atoms with Crippen LogP contribution in [-0.4, -0.2) is 96.7 Å². The van der Waals surface area contributed by atoms with E-state index in [-0.39, 0.29) is 25.7 Å². The number of hydrogen-bond donors (Lipinski definition) is 3. The molecule has 0 spiro atoms. The molecule has 0 rings (SSSR count). The van der Waals surface area contributed by atoms with Gasteiger partial charge in [-0.1, -0.05) is 389 Å². The molecular formula is C84H164O17P2. The highest BCUT2D eigenvalue weighted by Gasteiger charge is 2.30. The van der Waals surface area contributed by atoms with Crippen molar-refractivity contribution in [1.82, 2.24) is 0 Å². The Morgan fingerprint density at radius 2 is 0.495 bits per heavy atom. The van der Waals surface area contributed by atoms with Crippen molar-refractivity contribution < 1.29 is 80.2 Å². The maximum absolute atomic E-state index is 13.1. The fourth-order valence-corrected chi connectivity index (χ4v) is 14.6. The summed E-state index contributed by atoms with van der Waals surface area (Å²) in [5, 5.41) is 10.7. The third kappa shape index (κ3) is 76.6. The zero-order valence-corrected chi connectivity index (χ0v) is 69.6. The molecule has 0 aliphatic heterocycles. The number of unbranched alkanes of at least 4 members (excludes halogenated alkanes) is 49. The first-order valence-electron chi connectivity index (χ1n) is 43.4. The molecule has 0 saturated heterocycles. The molecule has 3 unspecified atom stereocenters. The predicted octanol–water partition coefficient (Wildman–Crippen LogP) is 25.3. The SMILES string of the molecule is CCCCCCCCCCCCCCCCCCCCCC(=O)OC[C@H](COP(=O)(O)OC[C@@H](O)COP(=O)(O)OC[C@@H](COC(=O)CCCCCCCCCCC(C)C)OC(=O)CCCCCCCCCCC(C)CC)OC(=O)CCCCCCCCCCCCCCCCCCCCC(C)C. The van der Waals surface area contributed by atoms with Gasteiger partial charge >= 0.3 is 39.5 Å². The predicted molar refractivity (Wildman–Crippen MR) is 423 cm³/mol. The molecule has 19 heteroatoms. The fraction of sp³-hybridized carbons (Fsp3) is 0.952. The van der Waals surface area contributed by atoms with Crippen molar-refractivity contribution in [3.8, 4) is 0 Å². The molecule has 0 radical (unpaired) electrons. The van der Waals surface area contributed by atoms with Crippen LogP contribution in [0.4, 0.5) is 0 Å². The Labute approximate surface area is 632 Å². The summed E-state index contributed by atoms with van der Waals surface area (Å²) in [6, 6.07) is 0. The Balaban J connectivity index is 5.22. The second kappa shape index (κ2) is 74.2. The first-order valence-corrected chi connectivity index (χ1v) is 46.4. The van der Waals surface area contributed by atoms with Crippen molar-refractivity contribution in [2.45, 2.75) is 458 Å². The molecular weight excluding hydrogens is 1340 g/mol. The Bertz CT molecular complexity index is 1990. The summed E-state index contributed by atoms with van der Waals surface area (Å²) < 4.78 is 68.8. The number of rotatable bonds is 82. The molecule has 0 aliphatic rings. The molecule has 0 aromatic heterocycles. The first kappa shape index (κ1) is 101. The third-order valence-corrected chi connectivity index (χ3v) is 21.9. The molecule has 0 aromatic rings. The van der Waals surface area contributed by atoms with Gasteiger partial charge in [0.1, 0.15) is 19.3 Å². The quantitative estimate of drug-likeness (QED) is 0.0222. The minimum absolute atomic E-state index is 0.105. The molecule has 0 bridgehead atoms. The summed E-state index contributed by atoms with van der Waals surface area (Å²) >= 11 is 0. The standard InChI is InChI=1S/C84H164O17P2/c1-8-10-11-12-13-14-15-16-17-18-19-23-26-29-32-35-44-51-58-65-81(86)94-71-79(100-83(88)67-60-53-46-36-33-30-27-24-21-20-22-25-28-31-34-41-48-55-62-75(3)4)73-98-102(90,91)96-69-78(85)70-97-103(92,93)99-74-80(72-95-82(87)66-59-52-45-39-37-42-49-56-63-76(5)6)101-84(89)68-61-54-47-40-38-43-50-57-64-77(7)9-2/h75-80,85H,8-74H2,1-7H3,(H,90,91)(H,92,93)/t77?,78-,79-,80-/m1/s1. The van der Waals surface area contributed by atoms with E-state index in [1.54, 1.807) is 0 Å². The van der Waals surface area contributed by atoms with E-state index >= 15 is 0 Å². The number of aliphatic hydroxyl groups is 1. The van der Waals surface area contributed by atoms with Gasteiger partial charge in [0, 0.05) is 25.7 Å². The molecule has 0 amide bonds. The summed E-state index contributed by atoms with van der Waals surface area (Å²) in [6.07, 6.45) is 64.0. The first-order chi connectivity index (χ1) is 49.8. The molecule has 3 N–H and O–H groups in total. The van der Waals surface area contributed by atoms with Crippen molar-refractivity contribution in [3.63, 3.8) is 0 Å². The number of ether oxygens (including phenoxy) is 4. The van der Waals surface area contributed by atoms with Crippen molar-refractivity contribution in [2.75, 3.05) is 39.6 Å². The lowest BCUT2D eigenvalue weighted by Gasteiger charge is -2.21. The van der Waals surface area contributed by atoms with E-state index in [0.717, 1.165) is 108 Å². The van der Waals surface area contributed by atoms with Crippen LogP contribution in [0.15, 0.2) is 0 Å². The van der Waals surface area contributed by atoms with Gasteiger partial charge in [0.05, 0.1) is 26.4 Å². The van der Waals surface area contributed by atoms with Gasteiger partial charge in [-0.25, -0.2) is 9.13 Å². The number of carbonyl (C=O) groups is 4. The largest absolute Gasteiger partial charge is 0.472 e. The van der Waals surface area contributed by atoms with Gasteiger partial charge in [-0.15, -0.1) is 0 Å². The average molecular weight is 1510 g/mol. The molecule has 0 fully saturated rings. The van der Waals surface area contributed by atoms with Crippen molar-refractivity contribution in [3.05, 3.63) is 0 Å². The highest BCUT2D eigenvalue weighted by molar-refractivity contribution is 7.47. The Morgan fingerprint density at radius 3 is 0.738 bits per heavy atom. The number of aliphatic hydroxyl groups excluding tert-OH is 1. The van der Waals surface area contributed by atoms with Gasteiger partial charge in [-0.2, -0.15) is 0 Å². The number of hydrogen-bond acceptors (Lipinski definition) is 15. The molecule has 103 heavy (non-hydrogen) atoms. The number of phosphoric ester groups is 2. The van der Waals surface area contributed by atoms with E-state index in [1.165, 1.54) is 250 Å². The number of phosphoric acid groups is 2. The van der Waals surface area contributed by atoms with Crippen LogP contribution < -0.4 is 0 Å². The van der Waals surface area contributed by atoms with Gasteiger partial charge in [0.15, 0.2) is 12.2 Å². The van der Waals surface area contributed by atoms with E-state index in [1.807, 2.05) is 0 Å². The van der Waals surface area contributed by atoms with Gasteiger partial charge in [0.2, 0.25) is 0 Å². The summed E-state index contributed by atoms with van der Waals surface area (Å²) in [7, 11) is -9.92. The smallest absolute Gasteiger partial charge is 0.462 e. The zero-order valence-electron chi connectivity index (χ0n) is 67.8. The summed E-state index contributed by atoms with van der Waals surface area (Å²) in [5.74, 6) is 0.206. The summed E-state index contributed by atoms with van der Waals surface area (Å²) in [5.41, 5.74) is 0. The summed E-state index contributed by atoms with van der Waals surface area (Å²) in [4.78, 5) is 73.1. The Hall–Kier alpha value is -1.94. The van der Waals surface area contributed by atoms with Crippen molar-refractivity contribution in [2.24, 2.45) is 17.8 Å². The number of carbonyl (C=O) groups excluding carboxylic acids is 4. The molecule has 17 nitrogen and oxygen atoms in total. The minimum Gasteiger partial charge on any atom is -0.462 e. The van der Waals surface area contributed by atoms with Gasteiger partial charge in [-0.05, 0) is 43.4 Å². The van der Waals surface area contributed by atoms with Crippen LogP contribution in [0.2, 0.25) is 0 Å². The van der Waals surface area contributed by atoms with Crippen molar-refractivity contribution in [1.29, 1.82) is 0 Å². The topological polar surface area (TPSA) is 237 Å². The van der Waals surface area contributed by atoms with Crippen LogP contribution in [-0.2, 0) is 65.4 Å². The maximum atomic E-state index is 13.1. The van der Waals surface area contributed by atoms with Crippen LogP contribution in [0, 0.1) is 17.8 Å². The van der Waals surface area contributed by atoms with Crippen LogP contribution in [0.1, 0.15) is 440 Å². The highest BCUT2D eigenvalue weighted by Crippen LogP contribution is 2.45. The Kier molecular flexibility index (Phi) is 72.8. The molecule has 0 heterocycles. The molecule has 0 aliphatic carbocycles. The van der Waals surface area contributed by atoms with E-state index < -0.39 is 97.5 Å². The normalized spacial score (nSPS) is 14.2. The van der Waals surface area contributed by atoms with Crippen molar-refractivity contribution >= 4 is 39.5 Å². The van der Waals surface area contributed by atoms with Crippen LogP contribution >= 0.6 is 15.6 Å². The monoisotopic (exact) mass is 1510 g/mol.